The highest BCUT2D eigenvalue weighted by molar-refractivity contribution is 7.98. The summed E-state index contributed by atoms with van der Waals surface area (Å²) >= 11 is 7.70. The summed E-state index contributed by atoms with van der Waals surface area (Å²) in [7, 11) is 0. The van der Waals surface area contributed by atoms with Gasteiger partial charge in [-0.2, -0.15) is 4.98 Å². The Balaban J connectivity index is 1.85. The predicted molar refractivity (Wildman–Crippen MR) is 77.6 cm³/mol. The standard InChI is InChI=1S/C13H16ClN3OS/c1-2-15-8-7-13-16-12(17-18-13)9-19-11-6-4-3-5-10(11)14/h3-6,15H,2,7-9H2,1H3. The second-order valence-electron chi connectivity index (χ2n) is 3.93. The van der Waals surface area contributed by atoms with Gasteiger partial charge in [0, 0.05) is 17.9 Å². The van der Waals surface area contributed by atoms with E-state index in [4.69, 9.17) is 16.1 Å². The molecule has 4 nitrogen and oxygen atoms in total. The van der Waals surface area contributed by atoms with Crippen LogP contribution >= 0.6 is 23.4 Å². The topological polar surface area (TPSA) is 51.0 Å². The van der Waals surface area contributed by atoms with Gasteiger partial charge in [0.25, 0.3) is 0 Å². The third kappa shape index (κ3) is 4.53. The van der Waals surface area contributed by atoms with Gasteiger partial charge < -0.3 is 9.84 Å². The molecule has 0 atom stereocenters. The minimum absolute atomic E-state index is 0.661. The number of hydrogen-bond acceptors (Lipinski definition) is 5. The molecule has 6 heteroatoms. The molecule has 0 fully saturated rings. The van der Waals surface area contributed by atoms with Gasteiger partial charge in [0.15, 0.2) is 5.82 Å². The lowest BCUT2D eigenvalue weighted by atomic mass is 10.4. The fraction of sp³-hybridized carbons (Fsp3) is 0.385. The summed E-state index contributed by atoms with van der Waals surface area (Å²) in [5, 5.41) is 7.94. The van der Waals surface area contributed by atoms with Crippen LogP contribution < -0.4 is 5.32 Å². The van der Waals surface area contributed by atoms with Gasteiger partial charge in [0.1, 0.15) is 0 Å². The number of halogens is 1. The van der Waals surface area contributed by atoms with Gasteiger partial charge in [0.2, 0.25) is 5.89 Å². The first-order chi connectivity index (χ1) is 9.29. The fourth-order valence-electron chi connectivity index (χ4n) is 1.53. The van der Waals surface area contributed by atoms with Crippen molar-refractivity contribution in [2.45, 2.75) is 24.0 Å². The number of likely N-dealkylation sites (N-methyl/N-ethyl adjacent to an activating group) is 1. The maximum Gasteiger partial charge on any atom is 0.227 e. The van der Waals surface area contributed by atoms with E-state index in [1.807, 2.05) is 24.3 Å². The van der Waals surface area contributed by atoms with E-state index < -0.39 is 0 Å². The Morgan fingerprint density at radius 1 is 1.37 bits per heavy atom. The Hall–Kier alpha value is -1.04. The molecule has 0 aliphatic rings. The number of benzene rings is 1. The molecule has 0 amide bonds. The van der Waals surface area contributed by atoms with Gasteiger partial charge >= 0.3 is 0 Å². The van der Waals surface area contributed by atoms with Crippen molar-refractivity contribution in [1.82, 2.24) is 15.5 Å². The van der Waals surface area contributed by atoms with E-state index in [1.54, 1.807) is 11.8 Å². The van der Waals surface area contributed by atoms with Crippen LogP contribution in [0.5, 0.6) is 0 Å². The first kappa shape index (κ1) is 14.4. The number of nitrogens with zero attached hydrogens (tertiary/aromatic N) is 2. The zero-order valence-corrected chi connectivity index (χ0v) is 12.3. The highest BCUT2D eigenvalue weighted by Gasteiger charge is 2.07. The molecule has 1 N–H and O–H groups in total. The molecule has 0 bridgehead atoms. The van der Waals surface area contributed by atoms with Gasteiger partial charge in [-0.1, -0.05) is 35.8 Å². The Kier molecular flexibility index (Phi) is 5.69. The van der Waals surface area contributed by atoms with E-state index >= 15 is 0 Å². The van der Waals surface area contributed by atoms with Crippen LogP contribution in [0.3, 0.4) is 0 Å². The predicted octanol–water partition coefficient (Wildman–Crippen LogP) is 3.17. The Labute approximate surface area is 121 Å². The van der Waals surface area contributed by atoms with E-state index in [9.17, 15) is 0 Å². The molecule has 2 aromatic rings. The molecule has 102 valence electrons. The SMILES string of the molecule is CCNCCc1nc(CSc2ccccc2Cl)no1. The van der Waals surface area contributed by atoms with E-state index in [2.05, 4.69) is 22.4 Å². The van der Waals surface area contributed by atoms with Gasteiger partial charge in [0.05, 0.1) is 10.8 Å². The van der Waals surface area contributed by atoms with Crippen LogP contribution in [0.1, 0.15) is 18.6 Å². The summed E-state index contributed by atoms with van der Waals surface area (Å²) in [4.78, 5) is 5.38. The first-order valence-electron chi connectivity index (χ1n) is 6.19. The number of thioether (sulfide) groups is 1. The van der Waals surface area contributed by atoms with E-state index in [-0.39, 0.29) is 0 Å². The second kappa shape index (κ2) is 7.53. The lowest BCUT2D eigenvalue weighted by molar-refractivity contribution is 0.372. The second-order valence-corrected chi connectivity index (χ2v) is 5.35. The molecular weight excluding hydrogens is 282 g/mol. The molecule has 0 aliphatic heterocycles. The third-order valence-electron chi connectivity index (χ3n) is 2.47. The molecule has 0 unspecified atom stereocenters. The molecule has 1 aromatic carbocycles. The quantitative estimate of drug-likeness (QED) is 0.628. The van der Waals surface area contributed by atoms with Crippen LogP contribution in [0, 0.1) is 0 Å². The number of hydrogen-bond donors (Lipinski definition) is 1. The normalized spacial score (nSPS) is 10.8. The van der Waals surface area contributed by atoms with Gasteiger partial charge in [-0.15, -0.1) is 11.8 Å². The van der Waals surface area contributed by atoms with Gasteiger partial charge in [-0.3, -0.25) is 0 Å². The molecule has 0 radical (unpaired) electrons. The van der Waals surface area contributed by atoms with Crippen molar-refractivity contribution in [2.24, 2.45) is 0 Å². The van der Waals surface area contributed by atoms with Crippen LogP contribution in [-0.4, -0.2) is 23.2 Å². The summed E-state index contributed by atoms with van der Waals surface area (Å²) in [5.41, 5.74) is 0. The third-order valence-corrected chi connectivity index (χ3v) is 3.98. The fourth-order valence-corrected chi connectivity index (χ4v) is 2.61. The molecule has 0 spiro atoms. The summed E-state index contributed by atoms with van der Waals surface area (Å²) in [6.45, 7) is 3.87. The van der Waals surface area contributed by atoms with E-state index in [0.29, 0.717) is 17.5 Å². The highest BCUT2D eigenvalue weighted by atomic mass is 35.5. The maximum absolute atomic E-state index is 6.09. The Morgan fingerprint density at radius 2 is 2.21 bits per heavy atom. The molecule has 1 aromatic heterocycles. The Bertz CT molecular complexity index is 518. The molecule has 0 saturated heterocycles. The van der Waals surface area contributed by atoms with Crippen molar-refractivity contribution >= 4 is 23.4 Å². The summed E-state index contributed by atoms with van der Waals surface area (Å²) in [5.74, 6) is 2.04. The van der Waals surface area contributed by atoms with Crippen molar-refractivity contribution in [2.75, 3.05) is 13.1 Å². The van der Waals surface area contributed by atoms with Crippen LogP contribution in [0.4, 0.5) is 0 Å². The van der Waals surface area contributed by atoms with Crippen LogP contribution in [0.2, 0.25) is 5.02 Å². The zero-order valence-electron chi connectivity index (χ0n) is 10.7. The largest absolute Gasteiger partial charge is 0.339 e. The average Bonchev–Trinajstić information content (AvgIpc) is 2.86. The number of rotatable bonds is 7. The molecule has 0 saturated carbocycles. The monoisotopic (exact) mass is 297 g/mol. The van der Waals surface area contributed by atoms with E-state index in [0.717, 1.165) is 29.4 Å². The summed E-state index contributed by atoms with van der Waals surface area (Å²) < 4.78 is 5.18. The van der Waals surface area contributed by atoms with Crippen molar-refractivity contribution in [3.63, 3.8) is 0 Å². The van der Waals surface area contributed by atoms with Crippen molar-refractivity contribution < 1.29 is 4.52 Å². The van der Waals surface area contributed by atoms with Gasteiger partial charge in [-0.05, 0) is 18.7 Å². The lowest BCUT2D eigenvalue weighted by Gasteiger charge is -2.00. The van der Waals surface area contributed by atoms with Crippen LogP contribution in [-0.2, 0) is 12.2 Å². The van der Waals surface area contributed by atoms with Crippen molar-refractivity contribution in [1.29, 1.82) is 0 Å². The van der Waals surface area contributed by atoms with E-state index in [1.165, 1.54) is 0 Å². The lowest BCUT2D eigenvalue weighted by Crippen LogP contribution is -2.16. The first-order valence-corrected chi connectivity index (χ1v) is 7.55. The minimum Gasteiger partial charge on any atom is -0.339 e. The van der Waals surface area contributed by atoms with Crippen molar-refractivity contribution in [3.05, 3.63) is 41.0 Å². The average molecular weight is 298 g/mol. The summed E-state index contributed by atoms with van der Waals surface area (Å²) in [6.07, 6.45) is 0.762. The Morgan fingerprint density at radius 3 is 3.00 bits per heavy atom. The molecular formula is C13H16ClN3OS. The summed E-state index contributed by atoms with van der Waals surface area (Å²) in [6, 6.07) is 7.74. The maximum atomic E-state index is 6.09. The number of aromatic nitrogens is 2. The van der Waals surface area contributed by atoms with Crippen LogP contribution in [0.25, 0.3) is 0 Å². The zero-order chi connectivity index (χ0) is 13.5. The molecule has 19 heavy (non-hydrogen) atoms. The molecule has 0 aliphatic carbocycles. The van der Waals surface area contributed by atoms with Crippen molar-refractivity contribution in [3.8, 4) is 0 Å². The van der Waals surface area contributed by atoms with Crippen LogP contribution in [0.15, 0.2) is 33.7 Å². The van der Waals surface area contributed by atoms with Gasteiger partial charge in [-0.25, -0.2) is 0 Å². The smallest absolute Gasteiger partial charge is 0.227 e. The molecule has 2 rings (SSSR count). The highest BCUT2D eigenvalue weighted by Crippen LogP contribution is 2.28. The number of nitrogens with one attached hydrogen (secondary N) is 1. The molecule has 1 heterocycles. The minimum atomic E-state index is 0.661.